The quantitative estimate of drug-likeness (QED) is 0.947. The molecule has 5 nitrogen and oxygen atoms in total. The lowest BCUT2D eigenvalue weighted by atomic mass is 9.84. The van der Waals surface area contributed by atoms with E-state index in [-0.39, 0.29) is 11.9 Å². The number of amides is 1. The molecule has 1 unspecified atom stereocenters. The van der Waals surface area contributed by atoms with Crippen LogP contribution >= 0.6 is 0 Å². The SMILES string of the molecule is Cc1cc(C)c2ncc(C(=O)NC(C)C3CCCCC3)n2n1. The van der Waals surface area contributed by atoms with E-state index in [2.05, 4.69) is 22.3 Å². The normalized spacial score (nSPS) is 17.6. The predicted octanol–water partition coefficient (Wildman–Crippen LogP) is 3.04. The van der Waals surface area contributed by atoms with E-state index in [1.54, 1.807) is 10.7 Å². The number of nitrogens with zero attached hydrogens (tertiary/aromatic N) is 3. The minimum absolute atomic E-state index is 0.0805. The summed E-state index contributed by atoms with van der Waals surface area (Å²) < 4.78 is 1.66. The molecule has 0 aromatic carbocycles. The number of aryl methyl sites for hydroxylation is 2. The van der Waals surface area contributed by atoms with Gasteiger partial charge in [-0.3, -0.25) is 4.79 Å². The summed E-state index contributed by atoms with van der Waals surface area (Å²) in [4.78, 5) is 16.9. The molecule has 0 saturated heterocycles. The molecule has 1 N–H and O–H groups in total. The van der Waals surface area contributed by atoms with E-state index >= 15 is 0 Å². The Hall–Kier alpha value is -1.91. The Bertz CT molecular complexity index is 685. The number of imidazole rings is 1. The summed E-state index contributed by atoms with van der Waals surface area (Å²) >= 11 is 0. The van der Waals surface area contributed by atoms with Crippen LogP contribution in [0.4, 0.5) is 0 Å². The lowest BCUT2D eigenvalue weighted by Gasteiger charge is -2.28. The molecule has 3 rings (SSSR count). The highest BCUT2D eigenvalue weighted by molar-refractivity contribution is 5.93. The van der Waals surface area contributed by atoms with E-state index < -0.39 is 0 Å². The summed E-state index contributed by atoms with van der Waals surface area (Å²) in [5.74, 6) is 0.511. The zero-order valence-electron chi connectivity index (χ0n) is 13.6. The minimum atomic E-state index is -0.0805. The van der Waals surface area contributed by atoms with Gasteiger partial charge in [-0.25, -0.2) is 9.50 Å². The van der Waals surface area contributed by atoms with Gasteiger partial charge in [0.05, 0.1) is 11.9 Å². The van der Waals surface area contributed by atoms with Crippen LogP contribution in [0.25, 0.3) is 5.65 Å². The van der Waals surface area contributed by atoms with Crippen molar-refractivity contribution in [2.75, 3.05) is 0 Å². The summed E-state index contributed by atoms with van der Waals surface area (Å²) in [6, 6.07) is 2.18. The van der Waals surface area contributed by atoms with Gasteiger partial charge in [-0.05, 0) is 51.2 Å². The summed E-state index contributed by atoms with van der Waals surface area (Å²) in [5, 5.41) is 7.57. The third-order valence-corrected chi connectivity index (χ3v) is 4.72. The monoisotopic (exact) mass is 300 g/mol. The van der Waals surface area contributed by atoms with Gasteiger partial charge < -0.3 is 5.32 Å². The van der Waals surface area contributed by atoms with Crippen molar-refractivity contribution in [3.63, 3.8) is 0 Å². The summed E-state index contributed by atoms with van der Waals surface area (Å²) in [7, 11) is 0. The fourth-order valence-electron chi connectivity index (χ4n) is 3.47. The van der Waals surface area contributed by atoms with Crippen molar-refractivity contribution in [3.05, 3.63) is 29.2 Å². The van der Waals surface area contributed by atoms with Gasteiger partial charge in [0.25, 0.3) is 5.91 Å². The Labute approximate surface area is 131 Å². The highest BCUT2D eigenvalue weighted by Crippen LogP contribution is 2.26. The van der Waals surface area contributed by atoms with Crippen LogP contribution in [0.2, 0.25) is 0 Å². The van der Waals surface area contributed by atoms with Gasteiger partial charge in [-0.2, -0.15) is 5.10 Å². The first kappa shape index (κ1) is 15.0. The number of carbonyl (C=O) groups excluding carboxylic acids is 1. The lowest BCUT2D eigenvalue weighted by Crippen LogP contribution is -2.39. The highest BCUT2D eigenvalue weighted by atomic mass is 16.2. The molecule has 0 radical (unpaired) electrons. The smallest absolute Gasteiger partial charge is 0.271 e. The molecule has 1 aliphatic carbocycles. The van der Waals surface area contributed by atoms with Crippen molar-refractivity contribution in [1.29, 1.82) is 0 Å². The maximum absolute atomic E-state index is 12.6. The van der Waals surface area contributed by atoms with Gasteiger partial charge in [0.2, 0.25) is 0 Å². The Kier molecular flexibility index (Phi) is 4.14. The molecule has 22 heavy (non-hydrogen) atoms. The molecule has 1 amide bonds. The van der Waals surface area contributed by atoms with Crippen LogP contribution in [0.1, 0.15) is 60.8 Å². The molecular weight excluding hydrogens is 276 g/mol. The number of aromatic nitrogens is 3. The van der Waals surface area contributed by atoms with Gasteiger partial charge in [-0.15, -0.1) is 0 Å². The topological polar surface area (TPSA) is 59.3 Å². The van der Waals surface area contributed by atoms with Crippen LogP contribution in [0.3, 0.4) is 0 Å². The fraction of sp³-hybridized carbons (Fsp3) is 0.588. The molecule has 0 aliphatic heterocycles. The fourth-order valence-corrected chi connectivity index (χ4v) is 3.47. The van der Waals surface area contributed by atoms with Crippen molar-refractivity contribution < 1.29 is 4.79 Å². The molecule has 1 aliphatic rings. The number of rotatable bonds is 3. The van der Waals surface area contributed by atoms with Gasteiger partial charge in [0.1, 0.15) is 5.69 Å². The van der Waals surface area contributed by atoms with Crippen LogP contribution in [0.5, 0.6) is 0 Å². The number of carbonyl (C=O) groups is 1. The zero-order valence-corrected chi connectivity index (χ0v) is 13.6. The molecule has 2 aromatic heterocycles. The third kappa shape index (κ3) is 2.85. The van der Waals surface area contributed by atoms with Crippen molar-refractivity contribution >= 4 is 11.6 Å². The number of fused-ring (bicyclic) bond motifs is 1. The molecular formula is C17H24N4O. The van der Waals surface area contributed by atoms with Crippen LogP contribution in [-0.4, -0.2) is 26.5 Å². The van der Waals surface area contributed by atoms with E-state index in [4.69, 9.17) is 0 Å². The van der Waals surface area contributed by atoms with Crippen LogP contribution in [0, 0.1) is 19.8 Å². The van der Waals surface area contributed by atoms with Crippen LogP contribution in [0.15, 0.2) is 12.3 Å². The summed E-state index contributed by atoms with van der Waals surface area (Å²) in [6.07, 6.45) is 7.93. The molecule has 0 spiro atoms. The Morgan fingerprint density at radius 2 is 2.05 bits per heavy atom. The maximum Gasteiger partial charge on any atom is 0.271 e. The van der Waals surface area contributed by atoms with Gasteiger partial charge >= 0.3 is 0 Å². The molecule has 118 valence electrons. The van der Waals surface area contributed by atoms with E-state index in [1.807, 2.05) is 19.9 Å². The second kappa shape index (κ2) is 6.07. The zero-order chi connectivity index (χ0) is 15.7. The highest BCUT2D eigenvalue weighted by Gasteiger charge is 2.23. The Morgan fingerprint density at radius 1 is 1.32 bits per heavy atom. The standard InChI is InChI=1S/C17H24N4O/c1-11-9-12(2)20-21-15(10-18-16(11)21)17(22)19-13(3)14-7-5-4-6-8-14/h9-10,13-14H,4-8H2,1-3H3,(H,19,22). The molecule has 1 fully saturated rings. The van der Waals surface area contributed by atoms with Crippen molar-refractivity contribution in [2.45, 2.75) is 58.9 Å². The van der Waals surface area contributed by atoms with Crippen molar-refractivity contribution in [3.8, 4) is 0 Å². The third-order valence-electron chi connectivity index (χ3n) is 4.72. The predicted molar refractivity (Wildman–Crippen MR) is 86.0 cm³/mol. The van der Waals surface area contributed by atoms with Crippen LogP contribution in [-0.2, 0) is 0 Å². The van der Waals surface area contributed by atoms with Crippen molar-refractivity contribution in [1.82, 2.24) is 19.9 Å². The molecule has 2 heterocycles. The summed E-state index contributed by atoms with van der Waals surface area (Å²) in [6.45, 7) is 6.03. The van der Waals surface area contributed by atoms with Gasteiger partial charge in [0, 0.05) is 6.04 Å². The van der Waals surface area contributed by atoms with E-state index in [0.29, 0.717) is 11.6 Å². The average Bonchev–Trinajstić information content (AvgIpc) is 2.92. The molecule has 2 aromatic rings. The largest absolute Gasteiger partial charge is 0.348 e. The van der Waals surface area contributed by atoms with Crippen molar-refractivity contribution in [2.24, 2.45) is 5.92 Å². The van der Waals surface area contributed by atoms with Gasteiger partial charge in [-0.1, -0.05) is 19.3 Å². The molecule has 1 saturated carbocycles. The van der Waals surface area contributed by atoms with Crippen LogP contribution < -0.4 is 5.32 Å². The van der Waals surface area contributed by atoms with E-state index in [1.165, 1.54) is 32.1 Å². The first-order chi connectivity index (χ1) is 10.6. The second-order valence-electron chi connectivity index (χ2n) is 6.51. The van der Waals surface area contributed by atoms with E-state index in [0.717, 1.165) is 16.9 Å². The molecule has 0 bridgehead atoms. The average molecular weight is 300 g/mol. The maximum atomic E-state index is 12.6. The number of hydrogen-bond acceptors (Lipinski definition) is 3. The second-order valence-corrected chi connectivity index (χ2v) is 6.51. The first-order valence-corrected chi connectivity index (χ1v) is 8.19. The van der Waals surface area contributed by atoms with Gasteiger partial charge in [0.15, 0.2) is 5.65 Å². The van der Waals surface area contributed by atoms with E-state index in [9.17, 15) is 4.79 Å². The lowest BCUT2D eigenvalue weighted by molar-refractivity contribution is 0.0912. The minimum Gasteiger partial charge on any atom is -0.348 e. The Morgan fingerprint density at radius 3 is 2.77 bits per heavy atom. The number of nitrogens with one attached hydrogen (secondary N) is 1. The molecule has 5 heteroatoms. The Balaban J connectivity index is 1.80. The first-order valence-electron chi connectivity index (χ1n) is 8.19. The number of hydrogen-bond donors (Lipinski definition) is 1. The summed E-state index contributed by atoms with van der Waals surface area (Å²) in [5.41, 5.74) is 3.19. The molecule has 1 atom stereocenters.